The van der Waals surface area contributed by atoms with E-state index in [0.717, 1.165) is 17.8 Å². The molecule has 0 heterocycles. The average molecular weight is 351 g/mol. The molecule has 132 valence electrons. The van der Waals surface area contributed by atoms with Crippen LogP contribution in [0.1, 0.15) is 13.3 Å². The first-order valence-corrected chi connectivity index (χ1v) is 7.41. The highest BCUT2D eigenvalue weighted by Gasteiger charge is 2.14. The van der Waals surface area contributed by atoms with Crippen molar-refractivity contribution < 1.29 is 22.8 Å². The molecule has 8 heteroatoms. The molecule has 0 aliphatic carbocycles. The topological polar surface area (TPSA) is 70.2 Å². The van der Waals surface area contributed by atoms with Crippen LogP contribution in [0.4, 0.5) is 30.2 Å². The Hall–Kier alpha value is -3.03. The summed E-state index contributed by atoms with van der Waals surface area (Å²) in [4.78, 5) is 22.7. The summed E-state index contributed by atoms with van der Waals surface area (Å²) in [5, 5.41) is 7.79. The lowest BCUT2D eigenvalue weighted by Crippen LogP contribution is -2.17. The zero-order valence-corrected chi connectivity index (χ0v) is 13.3. The molecular weight excluding hydrogens is 335 g/mol. The van der Waals surface area contributed by atoms with Gasteiger partial charge in [0, 0.05) is 31.3 Å². The first-order valence-electron chi connectivity index (χ1n) is 7.41. The lowest BCUT2D eigenvalue weighted by Gasteiger charge is -2.09. The van der Waals surface area contributed by atoms with Crippen LogP contribution in [0.15, 0.2) is 36.4 Å². The van der Waals surface area contributed by atoms with Gasteiger partial charge in [-0.3, -0.25) is 9.59 Å². The van der Waals surface area contributed by atoms with E-state index >= 15 is 0 Å². The van der Waals surface area contributed by atoms with Crippen LogP contribution in [0.5, 0.6) is 0 Å². The van der Waals surface area contributed by atoms with E-state index in [9.17, 15) is 22.8 Å². The first-order chi connectivity index (χ1) is 11.9. The standard InChI is InChI=1S/C17H16F3N3O2/c1-10(24)22-12-4-2-11(3-5-12)21-9-8-15(25)23-14-7-6-13(18)16(19)17(14)20/h2-7,21H,8-9H2,1H3,(H,22,24)(H,23,25). The third kappa shape index (κ3) is 5.23. The lowest BCUT2D eigenvalue weighted by molar-refractivity contribution is -0.116. The molecule has 0 saturated carbocycles. The van der Waals surface area contributed by atoms with Crippen molar-refractivity contribution in [3.05, 3.63) is 53.8 Å². The molecule has 2 amide bonds. The molecule has 2 aromatic carbocycles. The Bertz CT molecular complexity index is 779. The van der Waals surface area contributed by atoms with E-state index in [1.165, 1.54) is 6.92 Å². The van der Waals surface area contributed by atoms with Gasteiger partial charge in [-0.2, -0.15) is 0 Å². The molecule has 0 aliphatic heterocycles. The molecule has 25 heavy (non-hydrogen) atoms. The molecule has 0 radical (unpaired) electrons. The summed E-state index contributed by atoms with van der Waals surface area (Å²) in [5.74, 6) is -5.11. The van der Waals surface area contributed by atoms with Gasteiger partial charge in [-0.05, 0) is 36.4 Å². The van der Waals surface area contributed by atoms with E-state index in [4.69, 9.17) is 0 Å². The molecule has 0 bridgehead atoms. The van der Waals surface area contributed by atoms with Crippen molar-refractivity contribution in [2.75, 3.05) is 22.5 Å². The van der Waals surface area contributed by atoms with Gasteiger partial charge in [0.2, 0.25) is 11.8 Å². The van der Waals surface area contributed by atoms with E-state index in [1.807, 2.05) is 0 Å². The molecule has 0 unspecified atom stereocenters. The number of hydrogen-bond acceptors (Lipinski definition) is 3. The first kappa shape index (κ1) is 18.3. The minimum absolute atomic E-state index is 0.00805. The second-order valence-corrected chi connectivity index (χ2v) is 5.21. The average Bonchev–Trinajstić information content (AvgIpc) is 2.56. The lowest BCUT2D eigenvalue weighted by atomic mass is 10.2. The Labute approximate surface area is 142 Å². The molecule has 0 saturated heterocycles. The molecule has 0 atom stereocenters. The number of halogens is 3. The zero-order valence-electron chi connectivity index (χ0n) is 13.3. The van der Waals surface area contributed by atoms with Crippen molar-refractivity contribution >= 4 is 28.9 Å². The molecule has 2 rings (SSSR count). The Morgan fingerprint density at radius 1 is 0.880 bits per heavy atom. The summed E-state index contributed by atoms with van der Waals surface area (Å²) in [6.07, 6.45) is -0.00805. The van der Waals surface area contributed by atoms with Crippen LogP contribution in [-0.2, 0) is 9.59 Å². The quantitative estimate of drug-likeness (QED) is 0.698. The number of nitrogens with one attached hydrogen (secondary N) is 3. The normalized spacial score (nSPS) is 10.2. The van der Waals surface area contributed by atoms with Crippen molar-refractivity contribution in [1.82, 2.24) is 0 Å². The second-order valence-electron chi connectivity index (χ2n) is 5.21. The van der Waals surface area contributed by atoms with Gasteiger partial charge in [-0.25, -0.2) is 13.2 Å². The van der Waals surface area contributed by atoms with E-state index in [1.54, 1.807) is 24.3 Å². The van der Waals surface area contributed by atoms with Gasteiger partial charge in [0.15, 0.2) is 17.5 Å². The smallest absolute Gasteiger partial charge is 0.226 e. The van der Waals surface area contributed by atoms with E-state index in [-0.39, 0.29) is 18.9 Å². The molecule has 5 nitrogen and oxygen atoms in total. The van der Waals surface area contributed by atoms with E-state index in [0.29, 0.717) is 5.69 Å². The van der Waals surface area contributed by atoms with Crippen LogP contribution in [-0.4, -0.2) is 18.4 Å². The Morgan fingerprint density at radius 3 is 2.16 bits per heavy atom. The van der Waals surface area contributed by atoms with Crippen molar-refractivity contribution in [2.24, 2.45) is 0 Å². The Kier molecular flexibility index (Phi) is 5.99. The summed E-state index contributed by atoms with van der Waals surface area (Å²) in [6.45, 7) is 1.65. The molecule has 0 fully saturated rings. The Morgan fingerprint density at radius 2 is 1.52 bits per heavy atom. The Balaban J connectivity index is 1.82. The van der Waals surface area contributed by atoms with Crippen LogP contribution in [0, 0.1) is 17.5 Å². The van der Waals surface area contributed by atoms with Gasteiger partial charge in [0.05, 0.1) is 5.69 Å². The van der Waals surface area contributed by atoms with Gasteiger partial charge in [0.1, 0.15) is 0 Å². The van der Waals surface area contributed by atoms with Crippen LogP contribution < -0.4 is 16.0 Å². The number of carbonyl (C=O) groups excluding carboxylic acids is 2. The highest BCUT2D eigenvalue weighted by Crippen LogP contribution is 2.19. The van der Waals surface area contributed by atoms with Crippen LogP contribution in [0.2, 0.25) is 0 Å². The minimum atomic E-state index is -1.63. The van der Waals surface area contributed by atoms with Crippen molar-refractivity contribution in [3.8, 4) is 0 Å². The molecule has 0 spiro atoms. The predicted octanol–water partition coefficient (Wildman–Crippen LogP) is 3.50. The highest BCUT2D eigenvalue weighted by atomic mass is 19.2. The molecule has 0 aliphatic rings. The third-order valence-corrected chi connectivity index (χ3v) is 3.20. The number of carbonyl (C=O) groups is 2. The maximum Gasteiger partial charge on any atom is 0.226 e. The summed E-state index contributed by atoms with van der Waals surface area (Å²) in [6, 6.07) is 8.53. The predicted molar refractivity (Wildman–Crippen MR) is 88.8 cm³/mol. The van der Waals surface area contributed by atoms with Crippen LogP contribution in [0.3, 0.4) is 0 Å². The number of hydrogen-bond donors (Lipinski definition) is 3. The van der Waals surface area contributed by atoms with Crippen LogP contribution in [0.25, 0.3) is 0 Å². The van der Waals surface area contributed by atoms with Crippen molar-refractivity contribution in [1.29, 1.82) is 0 Å². The fourth-order valence-electron chi connectivity index (χ4n) is 2.03. The van der Waals surface area contributed by atoms with Crippen molar-refractivity contribution in [2.45, 2.75) is 13.3 Å². The number of benzene rings is 2. The van der Waals surface area contributed by atoms with E-state index < -0.39 is 29.0 Å². The second kappa shape index (κ2) is 8.18. The van der Waals surface area contributed by atoms with Gasteiger partial charge in [0.25, 0.3) is 0 Å². The molecule has 2 aromatic rings. The third-order valence-electron chi connectivity index (χ3n) is 3.20. The summed E-state index contributed by atoms with van der Waals surface area (Å²) < 4.78 is 39.4. The molecule has 0 aromatic heterocycles. The molecule has 3 N–H and O–H groups in total. The van der Waals surface area contributed by atoms with Gasteiger partial charge >= 0.3 is 0 Å². The fourth-order valence-corrected chi connectivity index (χ4v) is 2.03. The summed E-state index contributed by atoms with van der Waals surface area (Å²) >= 11 is 0. The largest absolute Gasteiger partial charge is 0.385 e. The highest BCUT2D eigenvalue weighted by molar-refractivity contribution is 5.91. The maximum atomic E-state index is 13.5. The number of rotatable bonds is 6. The van der Waals surface area contributed by atoms with E-state index in [2.05, 4.69) is 16.0 Å². The monoisotopic (exact) mass is 351 g/mol. The van der Waals surface area contributed by atoms with Gasteiger partial charge < -0.3 is 16.0 Å². The number of anilines is 3. The van der Waals surface area contributed by atoms with Gasteiger partial charge in [-0.15, -0.1) is 0 Å². The van der Waals surface area contributed by atoms with Crippen molar-refractivity contribution in [3.63, 3.8) is 0 Å². The van der Waals surface area contributed by atoms with Crippen LogP contribution >= 0.6 is 0 Å². The maximum absolute atomic E-state index is 13.5. The van der Waals surface area contributed by atoms with Gasteiger partial charge in [-0.1, -0.05) is 0 Å². The number of amides is 2. The zero-order chi connectivity index (χ0) is 18.4. The summed E-state index contributed by atoms with van der Waals surface area (Å²) in [5.41, 5.74) is 0.953. The minimum Gasteiger partial charge on any atom is -0.385 e. The SMILES string of the molecule is CC(=O)Nc1ccc(NCCC(=O)Nc2ccc(F)c(F)c2F)cc1. The molecular formula is C17H16F3N3O2. The summed E-state index contributed by atoms with van der Waals surface area (Å²) in [7, 11) is 0. The fraction of sp³-hybridized carbons (Fsp3) is 0.176.